The van der Waals surface area contributed by atoms with Gasteiger partial charge in [0.05, 0.1) is 43.4 Å². The summed E-state index contributed by atoms with van der Waals surface area (Å²) in [5.74, 6) is -7.39. The summed E-state index contributed by atoms with van der Waals surface area (Å²) in [6.07, 6.45) is -1.49. The van der Waals surface area contributed by atoms with Gasteiger partial charge in [-0.05, 0) is 91.6 Å². The molecule has 1 aliphatic rings. The summed E-state index contributed by atoms with van der Waals surface area (Å²) in [5, 5.41) is 38.5. The van der Waals surface area contributed by atoms with E-state index in [0.717, 1.165) is 56.7 Å². The first kappa shape index (κ1) is 55.4. The maximum absolute atomic E-state index is 13.1. The number of nitrogens with zero attached hydrogens (tertiary/aromatic N) is 2. The van der Waals surface area contributed by atoms with Gasteiger partial charge in [0, 0.05) is 29.7 Å². The highest BCUT2D eigenvalue weighted by Crippen LogP contribution is 2.26. The fourth-order valence-corrected chi connectivity index (χ4v) is 6.68. The molecule has 1 fully saturated rings. The molecule has 19 nitrogen and oxygen atoms in total. The normalized spacial score (nSPS) is 14.8. The maximum Gasteiger partial charge on any atom is 0.430 e. The van der Waals surface area contributed by atoms with Gasteiger partial charge in [-0.15, -0.1) is 0 Å². The number of aliphatic carboxylic acids is 3. The summed E-state index contributed by atoms with van der Waals surface area (Å²) in [6.45, 7) is 1.33. The number of alkyl halides is 6. The van der Waals surface area contributed by atoms with E-state index >= 15 is 0 Å². The molecule has 1 unspecified atom stereocenters. The van der Waals surface area contributed by atoms with Crippen molar-refractivity contribution in [2.75, 3.05) is 13.2 Å². The lowest BCUT2D eigenvalue weighted by molar-refractivity contribution is -0.510. The van der Waals surface area contributed by atoms with E-state index < -0.39 is 59.3 Å². The van der Waals surface area contributed by atoms with Crippen LogP contribution in [-0.2, 0) is 20.8 Å². The van der Waals surface area contributed by atoms with Crippen LogP contribution in [0.4, 0.5) is 26.3 Å². The molecule has 69 heavy (non-hydrogen) atoms. The number of carbonyl (C=O) groups is 5. The first-order chi connectivity index (χ1) is 32.3. The average molecular weight is 980 g/mol. The van der Waals surface area contributed by atoms with E-state index in [1.54, 1.807) is 54.9 Å². The van der Waals surface area contributed by atoms with Crippen molar-refractivity contribution in [1.29, 1.82) is 0 Å². The van der Waals surface area contributed by atoms with Crippen LogP contribution < -0.4 is 53.6 Å². The Morgan fingerprint density at radius 2 is 1.41 bits per heavy atom. The van der Waals surface area contributed by atoms with Gasteiger partial charge in [0.1, 0.15) is 23.3 Å². The predicted molar refractivity (Wildman–Crippen MR) is 227 cm³/mol. The minimum atomic E-state index is -5.19. The predicted octanol–water partition coefficient (Wildman–Crippen LogP) is -0.694. The number of quaternary nitrogens is 1. The first-order valence-corrected chi connectivity index (χ1v) is 20.5. The Hall–Kier alpha value is -7.96. The highest BCUT2D eigenvalue weighted by molar-refractivity contribution is 5.94. The van der Waals surface area contributed by atoms with Crippen LogP contribution in [0.3, 0.4) is 0 Å². The molecule has 6 rings (SSSR count). The number of carboxylic acid groups (broad SMARTS) is 4. The summed E-state index contributed by atoms with van der Waals surface area (Å²) in [4.78, 5) is 80.8. The lowest BCUT2D eigenvalue weighted by Crippen LogP contribution is -2.84. The molecule has 0 bridgehead atoms. The van der Waals surface area contributed by atoms with E-state index in [-0.39, 0.29) is 23.5 Å². The third-order valence-corrected chi connectivity index (χ3v) is 9.94. The Bertz CT molecular complexity index is 2710. The number of hydrogen-bond donors (Lipinski definition) is 7. The number of rotatable bonds is 13. The van der Waals surface area contributed by atoms with Gasteiger partial charge in [-0.2, -0.15) is 26.3 Å². The number of guanidine groups is 1. The highest BCUT2D eigenvalue weighted by Gasteiger charge is 2.29. The van der Waals surface area contributed by atoms with E-state index in [9.17, 15) is 55.4 Å². The van der Waals surface area contributed by atoms with E-state index in [1.807, 2.05) is 18.2 Å². The number of aromatic carboxylic acids is 1. The van der Waals surface area contributed by atoms with E-state index in [1.165, 1.54) is 20.9 Å². The van der Waals surface area contributed by atoms with Gasteiger partial charge in [0.15, 0.2) is 0 Å². The molecule has 0 aliphatic heterocycles. The largest absolute Gasteiger partial charge is 0.542 e. The van der Waals surface area contributed by atoms with Gasteiger partial charge >= 0.3 is 30.3 Å². The number of nitrogens with one attached hydrogen (secondary N) is 2. The van der Waals surface area contributed by atoms with Crippen molar-refractivity contribution >= 4 is 46.8 Å². The summed E-state index contributed by atoms with van der Waals surface area (Å²) in [5.41, 5.74) is 17.0. The Morgan fingerprint density at radius 3 is 1.94 bits per heavy atom. The Balaban J connectivity index is 0.000000315. The SMILES string of the molecule is NC(N)=[NH+]C1CCC(Cc2ccn3c(=O)c(C(=O)NC(CC(=O)O)c4ccccc4)ccc3c2)CC1.O=C([O-])C(F)(F)F.O=C([O-])C(F)(F)F.[NH3+]CCCOc1ccc2cc(C(=O)O)cc(=O)n2c1. The third-order valence-electron chi connectivity index (χ3n) is 9.94. The lowest BCUT2D eigenvalue weighted by atomic mass is 9.82. The third kappa shape index (κ3) is 18.0. The van der Waals surface area contributed by atoms with Gasteiger partial charge in [0.2, 0.25) is 0 Å². The Kier molecular flexibility index (Phi) is 20.3. The topological polar surface area (TPSA) is 330 Å². The molecule has 1 aliphatic carbocycles. The molecular weight excluding hydrogens is 933 g/mol. The zero-order chi connectivity index (χ0) is 51.6. The molecule has 372 valence electrons. The van der Waals surface area contributed by atoms with E-state index in [4.69, 9.17) is 41.1 Å². The fourth-order valence-electron chi connectivity index (χ4n) is 6.68. The number of aromatic nitrogens is 2. The minimum Gasteiger partial charge on any atom is -0.542 e. The smallest absolute Gasteiger partial charge is 0.430 e. The van der Waals surface area contributed by atoms with Crippen molar-refractivity contribution in [3.05, 3.63) is 134 Å². The molecule has 25 heteroatoms. The molecule has 5 aromatic rings. The van der Waals surface area contributed by atoms with Crippen molar-refractivity contribution in [3.63, 3.8) is 0 Å². The average Bonchev–Trinajstić information content (AvgIpc) is 3.27. The van der Waals surface area contributed by atoms with Crippen molar-refractivity contribution < 1.29 is 86.2 Å². The number of ether oxygens (including phenoxy) is 1. The molecule has 1 saturated carbocycles. The van der Waals surface area contributed by atoms with Crippen LogP contribution in [0.2, 0.25) is 0 Å². The molecule has 0 spiro atoms. The van der Waals surface area contributed by atoms with Crippen LogP contribution in [-0.4, -0.2) is 86.3 Å². The number of fused-ring (bicyclic) bond motifs is 2. The monoisotopic (exact) mass is 979 g/mol. The highest BCUT2D eigenvalue weighted by atomic mass is 19.4. The second-order valence-corrected chi connectivity index (χ2v) is 15.1. The molecule has 0 radical (unpaired) electrons. The number of amides is 1. The van der Waals surface area contributed by atoms with Gasteiger partial charge in [-0.25, -0.2) is 4.79 Å². The molecule has 4 aromatic heterocycles. The van der Waals surface area contributed by atoms with Gasteiger partial charge < -0.3 is 45.8 Å². The van der Waals surface area contributed by atoms with Crippen LogP contribution in [0.5, 0.6) is 5.75 Å². The Labute approximate surface area is 386 Å². The zero-order valence-electron chi connectivity index (χ0n) is 36.3. The van der Waals surface area contributed by atoms with E-state index in [2.05, 4.69) is 16.0 Å². The molecule has 1 aromatic carbocycles. The number of pyridine rings is 4. The second kappa shape index (κ2) is 25.3. The number of nitrogens with two attached hydrogens (primary N) is 2. The second-order valence-electron chi connectivity index (χ2n) is 15.1. The minimum absolute atomic E-state index is 0.0178. The summed E-state index contributed by atoms with van der Waals surface area (Å²) in [7, 11) is 0. The van der Waals surface area contributed by atoms with Gasteiger partial charge in [-0.3, -0.25) is 44.4 Å². The number of halogens is 6. The molecule has 0 saturated heterocycles. The zero-order valence-corrected chi connectivity index (χ0v) is 36.3. The lowest BCUT2D eigenvalue weighted by Gasteiger charge is -2.25. The van der Waals surface area contributed by atoms with E-state index in [0.29, 0.717) is 40.9 Å². The van der Waals surface area contributed by atoms with Crippen LogP contribution in [0.25, 0.3) is 11.0 Å². The van der Waals surface area contributed by atoms with Crippen molar-refractivity contribution in [3.8, 4) is 5.75 Å². The standard InChI is InChI=1S/C27H31N5O4.C13H14N2O4.2C2HF3O2/c28-27(29)30-20-8-6-17(7-9-20)14-18-12-13-32-21(15-18)10-11-22(26(32)36)25(35)31-23(16-24(33)34)19-4-2-1-3-5-19;14-4-1-5-19-11-3-2-10-6-9(13(17)18)7-12(16)15(10)8-11;2*3-2(4,5)1(6)7/h1-5,10-13,15,17,20,23H,6-9,14,16H2,(H,31,35)(H,33,34)(H4,28,29,30);2-3,6-8H,1,4-5,14H2,(H,17,18);2*(H,6,7). The maximum atomic E-state index is 13.1. The van der Waals surface area contributed by atoms with Crippen molar-refractivity contribution in [2.24, 2.45) is 17.4 Å². The van der Waals surface area contributed by atoms with Crippen LogP contribution in [0.15, 0.2) is 101 Å². The summed E-state index contributed by atoms with van der Waals surface area (Å²) < 4.78 is 71.4. The van der Waals surface area contributed by atoms with Crippen molar-refractivity contribution in [1.82, 2.24) is 14.1 Å². The molecule has 1 atom stereocenters. The quantitative estimate of drug-likeness (QED) is 0.0333. The van der Waals surface area contributed by atoms with Crippen LogP contribution in [0, 0.1) is 5.92 Å². The summed E-state index contributed by atoms with van der Waals surface area (Å²) in [6, 6.07) is 21.5. The first-order valence-electron chi connectivity index (χ1n) is 20.5. The number of carbonyl (C=O) groups excluding carboxylic acids is 3. The Morgan fingerprint density at radius 1 is 0.826 bits per heavy atom. The van der Waals surface area contributed by atoms with Gasteiger partial charge in [-0.1, -0.05) is 30.3 Å². The molecule has 4 heterocycles. The van der Waals surface area contributed by atoms with Crippen molar-refractivity contribution in [2.45, 2.75) is 69.4 Å². The van der Waals surface area contributed by atoms with Gasteiger partial charge in [0.25, 0.3) is 17.0 Å². The van der Waals surface area contributed by atoms with Crippen LogP contribution in [0.1, 0.15) is 76.4 Å². The fraction of sp³-hybridized carbons (Fsp3) is 0.318. The number of carboxylic acids is 4. The van der Waals surface area contributed by atoms with Crippen LogP contribution >= 0.6 is 0 Å². The number of hydrogen-bond acceptors (Lipinski definition) is 10. The molecular formula is C44H47F6N7O12. The summed E-state index contributed by atoms with van der Waals surface area (Å²) >= 11 is 0. The molecule has 11 N–H and O–H groups in total. The molecule has 1 amide bonds. The number of benzene rings is 1.